The van der Waals surface area contributed by atoms with Crippen molar-refractivity contribution in [3.8, 4) is 17.0 Å². The van der Waals surface area contributed by atoms with E-state index in [0.29, 0.717) is 56.4 Å². The van der Waals surface area contributed by atoms with Crippen LogP contribution in [0.4, 0.5) is 0 Å². The van der Waals surface area contributed by atoms with Gasteiger partial charge in [0.15, 0.2) is 5.69 Å². The van der Waals surface area contributed by atoms with Crippen LogP contribution >= 0.6 is 34.8 Å². The van der Waals surface area contributed by atoms with E-state index in [1.165, 1.54) is 0 Å². The molecule has 0 atom stereocenters. The number of carbonyl (C=O) groups is 1. The molecule has 0 unspecified atom stereocenters. The van der Waals surface area contributed by atoms with Crippen LogP contribution in [-0.2, 0) is 12.2 Å². The van der Waals surface area contributed by atoms with Crippen LogP contribution < -0.4 is 4.74 Å². The van der Waals surface area contributed by atoms with Gasteiger partial charge in [-0.15, -0.1) is 0 Å². The molecule has 6 rings (SSSR count). The van der Waals surface area contributed by atoms with E-state index in [0.717, 1.165) is 29.9 Å². The highest BCUT2D eigenvalue weighted by atomic mass is 35.5. The Bertz CT molecular complexity index is 1620. The summed E-state index contributed by atoms with van der Waals surface area (Å²) >= 11 is 19.6. The van der Waals surface area contributed by atoms with Gasteiger partial charge in [0.2, 0.25) is 0 Å². The number of carboxylic acids is 1. The van der Waals surface area contributed by atoms with Gasteiger partial charge in [0, 0.05) is 34.7 Å². The summed E-state index contributed by atoms with van der Waals surface area (Å²) in [6, 6.07) is 12.1. The van der Waals surface area contributed by atoms with Crippen LogP contribution in [0.2, 0.25) is 15.1 Å². The zero-order chi connectivity index (χ0) is 29.1. The van der Waals surface area contributed by atoms with E-state index in [4.69, 9.17) is 44.1 Å². The number of carboxylic acid groups (broad SMARTS) is 1. The summed E-state index contributed by atoms with van der Waals surface area (Å²) in [7, 11) is 0. The molecule has 214 valence electrons. The highest BCUT2D eigenvalue weighted by Crippen LogP contribution is 2.53. The third-order valence-electron chi connectivity index (χ3n) is 7.85. The molecule has 2 fully saturated rings. The predicted molar refractivity (Wildman–Crippen MR) is 155 cm³/mol. The highest BCUT2D eigenvalue weighted by Gasteiger charge is 2.47. The number of aromatic carboxylic acids is 1. The Morgan fingerprint density at radius 1 is 1.10 bits per heavy atom. The van der Waals surface area contributed by atoms with Gasteiger partial charge in [0.05, 0.1) is 26.2 Å². The zero-order valence-corrected chi connectivity index (χ0v) is 24.7. The molecule has 41 heavy (non-hydrogen) atoms. The first-order valence-electron chi connectivity index (χ1n) is 13.5. The Hall–Kier alpha value is -3.04. The number of benzene rings is 2. The van der Waals surface area contributed by atoms with E-state index in [9.17, 15) is 15.0 Å². The largest absolute Gasteiger partial charge is 0.489 e. The van der Waals surface area contributed by atoms with Crippen LogP contribution in [0.15, 0.2) is 47.0 Å². The molecule has 2 aromatic heterocycles. The molecule has 0 aliphatic heterocycles. The van der Waals surface area contributed by atoms with E-state index in [2.05, 4.69) is 10.3 Å². The molecule has 4 aromatic rings. The molecule has 2 N–H and O–H groups in total. The summed E-state index contributed by atoms with van der Waals surface area (Å²) in [6.07, 6.45) is 2.84. The molecule has 11 heteroatoms. The molecule has 2 saturated carbocycles. The highest BCUT2D eigenvalue weighted by molar-refractivity contribution is 6.39. The lowest BCUT2D eigenvalue weighted by Crippen LogP contribution is -2.41. The summed E-state index contributed by atoms with van der Waals surface area (Å²) in [5, 5.41) is 30.7. The molecule has 2 heterocycles. The fraction of sp³-hybridized carbons (Fsp3) is 0.367. The van der Waals surface area contributed by atoms with Crippen molar-refractivity contribution in [2.45, 2.75) is 69.6 Å². The fourth-order valence-electron chi connectivity index (χ4n) is 5.58. The molecule has 0 spiro atoms. The van der Waals surface area contributed by atoms with Crippen LogP contribution in [0.3, 0.4) is 0 Å². The van der Waals surface area contributed by atoms with Gasteiger partial charge in [0.25, 0.3) is 0 Å². The van der Waals surface area contributed by atoms with Gasteiger partial charge < -0.3 is 19.5 Å². The maximum Gasteiger partial charge on any atom is 0.356 e. The lowest BCUT2D eigenvalue weighted by atomic mass is 9.66. The van der Waals surface area contributed by atoms with Gasteiger partial charge in [0.1, 0.15) is 23.8 Å². The summed E-state index contributed by atoms with van der Waals surface area (Å²) in [6.45, 7) is 4.07. The van der Waals surface area contributed by atoms with Crippen molar-refractivity contribution in [1.29, 1.82) is 0 Å². The number of aliphatic hydroxyl groups is 1. The Labute approximate surface area is 251 Å². The van der Waals surface area contributed by atoms with Crippen molar-refractivity contribution in [1.82, 2.24) is 14.9 Å². The Morgan fingerprint density at radius 3 is 2.41 bits per heavy atom. The van der Waals surface area contributed by atoms with Gasteiger partial charge in [-0.3, -0.25) is 4.68 Å². The van der Waals surface area contributed by atoms with E-state index < -0.39 is 11.6 Å². The minimum Gasteiger partial charge on any atom is -0.489 e. The molecule has 8 nitrogen and oxygen atoms in total. The maximum atomic E-state index is 11.5. The Balaban J connectivity index is 1.20. The second-order valence-corrected chi connectivity index (χ2v) is 12.3. The van der Waals surface area contributed by atoms with Gasteiger partial charge >= 0.3 is 5.97 Å². The minimum atomic E-state index is -1.14. The smallest absolute Gasteiger partial charge is 0.356 e. The first-order chi connectivity index (χ1) is 19.6. The molecule has 0 bridgehead atoms. The molecule has 0 saturated heterocycles. The number of rotatable bonds is 9. The first kappa shape index (κ1) is 28.1. The van der Waals surface area contributed by atoms with E-state index in [1.807, 2.05) is 13.8 Å². The molecule has 2 aliphatic carbocycles. The SMILES string of the molecule is CC(C)n1nc(C(=O)O)cc1[C@H]1C[C@](O)(c2ccc(OCc3c(-c4c(Cl)cccc4Cl)noc3C3CC3)cc2Cl)C1. The van der Waals surface area contributed by atoms with Gasteiger partial charge in [-0.1, -0.05) is 52.1 Å². The van der Waals surface area contributed by atoms with Crippen LogP contribution in [-0.4, -0.2) is 31.1 Å². The summed E-state index contributed by atoms with van der Waals surface area (Å²) < 4.78 is 13.6. The zero-order valence-electron chi connectivity index (χ0n) is 22.4. The predicted octanol–water partition coefficient (Wildman–Crippen LogP) is 8.00. The molecular formula is C30H28Cl3N3O5. The van der Waals surface area contributed by atoms with Crippen molar-refractivity contribution in [3.63, 3.8) is 0 Å². The third kappa shape index (κ3) is 5.23. The van der Waals surface area contributed by atoms with Gasteiger partial charge in [-0.05, 0) is 69.9 Å². The Morgan fingerprint density at radius 2 is 1.80 bits per heavy atom. The van der Waals surface area contributed by atoms with Crippen molar-refractivity contribution in [2.24, 2.45) is 0 Å². The second kappa shape index (κ2) is 10.7. The quantitative estimate of drug-likeness (QED) is 0.196. The number of halogens is 3. The fourth-order valence-corrected chi connectivity index (χ4v) is 6.51. The number of hydrogen-bond acceptors (Lipinski definition) is 6. The van der Waals surface area contributed by atoms with Crippen molar-refractivity contribution in [2.75, 3.05) is 0 Å². The monoisotopic (exact) mass is 615 g/mol. The van der Waals surface area contributed by atoms with E-state index in [1.54, 1.807) is 47.1 Å². The molecule has 0 radical (unpaired) electrons. The van der Waals surface area contributed by atoms with Crippen LogP contribution in [0.25, 0.3) is 11.3 Å². The summed E-state index contributed by atoms with van der Waals surface area (Å²) in [4.78, 5) is 11.5. The number of ether oxygens (including phenoxy) is 1. The van der Waals surface area contributed by atoms with Gasteiger partial charge in [-0.2, -0.15) is 5.10 Å². The minimum absolute atomic E-state index is 0.00121. The molecule has 0 amide bonds. The topological polar surface area (TPSA) is 111 Å². The number of nitrogens with zero attached hydrogens (tertiary/aromatic N) is 3. The Kier molecular flexibility index (Phi) is 7.30. The lowest BCUT2D eigenvalue weighted by molar-refractivity contribution is -0.0569. The number of hydrogen-bond donors (Lipinski definition) is 2. The van der Waals surface area contributed by atoms with Crippen molar-refractivity contribution < 1.29 is 24.3 Å². The normalized spacial score (nSPS) is 20.3. The molecule has 2 aliphatic rings. The third-order valence-corrected chi connectivity index (χ3v) is 8.79. The molecule has 2 aromatic carbocycles. The van der Waals surface area contributed by atoms with Crippen molar-refractivity contribution >= 4 is 40.8 Å². The summed E-state index contributed by atoms with van der Waals surface area (Å²) in [5.74, 6) is 0.485. The number of aromatic nitrogens is 3. The second-order valence-electron chi connectivity index (χ2n) is 11.1. The standard InChI is InChI=1S/C30H28Cl3N3O5/c1-15(2)36-25(11-24(34-36)29(37)38)17-12-30(39,13-17)20-9-8-18(10-23(20)33)40-14-19-27(35-41-28(19)16-6-7-16)26-21(31)4-3-5-22(26)32/h3-5,8-11,15-17,39H,6-7,12-14H2,1-2H3,(H,37,38)/t17-,30+. The van der Waals surface area contributed by atoms with Crippen LogP contribution in [0.1, 0.15) is 90.5 Å². The summed E-state index contributed by atoms with van der Waals surface area (Å²) in [5.41, 5.74) is 2.22. The average Bonchev–Trinajstić information content (AvgIpc) is 3.50. The molecular weight excluding hydrogens is 589 g/mol. The van der Waals surface area contributed by atoms with Gasteiger partial charge in [-0.25, -0.2) is 4.79 Å². The first-order valence-corrected chi connectivity index (χ1v) is 14.6. The maximum absolute atomic E-state index is 11.5. The van der Waals surface area contributed by atoms with E-state index in [-0.39, 0.29) is 24.3 Å². The average molecular weight is 617 g/mol. The van der Waals surface area contributed by atoms with Crippen LogP contribution in [0, 0.1) is 0 Å². The van der Waals surface area contributed by atoms with Crippen molar-refractivity contribution in [3.05, 3.63) is 85.8 Å². The van der Waals surface area contributed by atoms with Crippen LogP contribution in [0.5, 0.6) is 5.75 Å². The van der Waals surface area contributed by atoms with E-state index >= 15 is 0 Å². The lowest BCUT2D eigenvalue weighted by Gasteiger charge is -2.44.